The fourth-order valence-electron chi connectivity index (χ4n) is 1.96. The molecule has 2 rings (SSSR count). The maximum Gasteiger partial charge on any atom is 0.339 e. The zero-order chi connectivity index (χ0) is 17.0. The van der Waals surface area contributed by atoms with E-state index in [4.69, 9.17) is 9.84 Å². The first kappa shape index (κ1) is 17.0. The average molecular weight is 339 g/mol. The molecule has 2 aromatic rings. The number of methoxy groups -OCH3 is 1. The van der Waals surface area contributed by atoms with Crippen molar-refractivity contribution in [3.8, 4) is 5.75 Å². The summed E-state index contributed by atoms with van der Waals surface area (Å²) in [7, 11) is -2.54. The summed E-state index contributed by atoms with van der Waals surface area (Å²) in [5.41, 5.74) is 1.24. The zero-order valence-electron chi connectivity index (χ0n) is 12.7. The van der Waals surface area contributed by atoms with Crippen LogP contribution in [0.15, 0.2) is 29.2 Å². The summed E-state index contributed by atoms with van der Waals surface area (Å²) >= 11 is 0. The van der Waals surface area contributed by atoms with Gasteiger partial charge in [0.25, 0.3) is 0 Å². The normalized spacial score (nSPS) is 11.4. The van der Waals surface area contributed by atoms with Gasteiger partial charge < -0.3 is 9.84 Å². The minimum atomic E-state index is -3.85. The Labute approximate surface area is 133 Å². The lowest BCUT2D eigenvalue weighted by atomic mass is 10.2. The summed E-state index contributed by atoms with van der Waals surface area (Å²) in [6.45, 7) is 1.97. The van der Waals surface area contributed by atoms with Gasteiger partial charge in [0.05, 0.1) is 29.9 Å². The second-order valence-corrected chi connectivity index (χ2v) is 6.50. The van der Waals surface area contributed by atoms with Crippen molar-refractivity contribution in [3.63, 3.8) is 0 Å². The topological polar surface area (TPSA) is 121 Å². The largest absolute Gasteiger partial charge is 0.496 e. The van der Waals surface area contributed by atoms with Crippen LogP contribution >= 0.6 is 0 Å². The third-order valence-electron chi connectivity index (χ3n) is 3.21. The summed E-state index contributed by atoms with van der Waals surface area (Å²) in [6.07, 6.45) is 0.740. The molecule has 0 saturated heterocycles. The standard InChI is InChI=1S/C14H17N3O5S/c1-3-9-6-10(17-16-9)8-15-23(20,21)11-4-5-13(22-2)12(7-11)14(18)19/h4-7,15H,3,8H2,1-2H3,(H,16,17)(H,18,19). The van der Waals surface area contributed by atoms with Crippen molar-refractivity contribution >= 4 is 16.0 Å². The molecule has 9 heteroatoms. The first-order valence-corrected chi connectivity index (χ1v) is 8.30. The molecular formula is C14H17N3O5S. The third kappa shape index (κ3) is 3.88. The number of hydrogen-bond acceptors (Lipinski definition) is 5. The van der Waals surface area contributed by atoms with Gasteiger partial charge in [0.15, 0.2) is 0 Å². The van der Waals surface area contributed by atoms with Crippen LogP contribution in [0.2, 0.25) is 0 Å². The van der Waals surface area contributed by atoms with Crippen molar-refractivity contribution in [2.24, 2.45) is 0 Å². The summed E-state index contributed by atoms with van der Waals surface area (Å²) in [5.74, 6) is -1.17. The van der Waals surface area contributed by atoms with Crippen molar-refractivity contribution in [3.05, 3.63) is 41.2 Å². The van der Waals surface area contributed by atoms with E-state index >= 15 is 0 Å². The highest BCUT2D eigenvalue weighted by Gasteiger charge is 2.19. The van der Waals surface area contributed by atoms with Crippen LogP contribution in [0, 0.1) is 0 Å². The monoisotopic (exact) mass is 339 g/mol. The number of carbonyl (C=O) groups is 1. The highest BCUT2D eigenvalue weighted by atomic mass is 32.2. The molecule has 8 nitrogen and oxygen atoms in total. The van der Waals surface area contributed by atoms with Gasteiger partial charge in [-0.25, -0.2) is 17.9 Å². The number of aromatic nitrogens is 2. The molecular weight excluding hydrogens is 322 g/mol. The first-order valence-electron chi connectivity index (χ1n) is 6.81. The molecule has 0 fully saturated rings. The van der Waals surface area contributed by atoms with Gasteiger partial charge in [-0.05, 0) is 30.7 Å². The van der Waals surface area contributed by atoms with Crippen molar-refractivity contribution < 1.29 is 23.1 Å². The minimum Gasteiger partial charge on any atom is -0.496 e. The molecule has 3 N–H and O–H groups in total. The number of ether oxygens (including phenoxy) is 1. The summed E-state index contributed by atoms with van der Waals surface area (Å²) in [6, 6.07) is 5.43. The van der Waals surface area contributed by atoms with E-state index in [1.807, 2.05) is 6.92 Å². The number of sulfonamides is 1. The predicted molar refractivity (Wildman–Crippen MR) is 81.9 cm³/mol. The van der Waals surface area contributed by atoms with Crippen LogP contribution in [0.5, 0.6) is 5.75 Å². The van der Waals surface area contributed by atoms with Crippen LogP contribution in [0.3, 0.4) is 0 Å². The predicted octanol–water partition coefficient (Wildman–Crippen LogP) is 1.16. The van der Waals surface area contributed by atoms with Gasteiger partial charge in [-0.2, -0.15) is 5.10 Å². The molecule has 1 aromatic carbocycles. The number of benzene rings is 1. The van der Waals surface area contributed by atoms with Crippen LogP contribution in [0.1, 0.15) is 28.7 Å². The smallest absolute Gasteiger partial charge is 0.339 e. The maximum atomic E-state index is 12.3. The third-order valence-corrected chi connectivity index (χ3v) is 4.61. The van der Waals surface area contributed by atoms with Gasteiger partial charge >= 0.3 is 5.97 Å². The van der Waals surface area contributed by atoms with Crippen molar-refractivity contribution in [1.29, 1.82) is 0 Å². The van der Waals surface area contributed by atoms with Gasteiger partial charge in [-0.3, -0.25) is 5.10 Å². The SMILES string of the molecule is CCc1cc(CNS(=O)(=O)c2ccc(OC)c(C(=O)O)c2)[nH]n1. The molecule has 0 aliphatic heterocycles. The van der Waals surface area contributed by atoms with Gasteiger partial charge in [-0.15, -0.1) is 0 Å². The lowest BCUT2D eigenvalue weighted by Gasteiger charge is -2.09. The van der Waals surface area contributed by atoms with E-state index in [0.717, 1.165) is 18.2 Å². The summed E-state index contributed by atoms with van der Waals surface area (Å²) < 4.78 is 31.9. The summed E-state index contributed by atoms with van der Waals surface area (Å²) in [4.78, 5) is 11.0. The minimum absolute atomic E-state index is 0.0315. The fourth-order valence-corrected chi connectivity index (χ4v) is 2.99. The molecule has 1 aromatic heterocycles. The summed E-state index contributed by atoms with van der Waals surface area (Å²) in [5, 5.41) is 15.9. The molecule has 0 saturated carbocycles. The maximum absolute atomic E-state index is 12.3. The molecule has 0 aliphatic carbocycles. The Bertz CT molecular complexity index is 814. The molecule has 0 bridgehead atoms. The highest BCUT2D eigenvalue weighted by Crippen LogP contribution is 2.22. The van der Waals surface area contributed by atoms with Crippen LogP contribution in [0.25, 0.3) is 0 Å². The van der Waals surface area contributed by atoms with Gasteiger partial charge in [0.1, 0.15) is 11.3 Å². The quantitative estimate of drug-likeness (QED) is 0.696. The number of hydrogen-bond donors (Lipinski definition) is 3. The number of nitrogens with one attached hydrogen (secondary N) is 2. The number of carboxylic acid groups (broad SMARTS) is 1. The van der Waals surface area contributed by atoms with E-state index in [1.165, 1.54) is 19.2 Å². The molecule has 0 spiro atoms. The molecule has 0 amide bonds. The van der Waals surface area contributed by atoms with Crippen molar-refractivity contribution in [2.45, 2.75) is 24.8 Å². The Balaban J connectivity index is 2.22. The molecule has 0 radical (unpaired) electrons. The Morgan fingerprint density at radius 1 is 1.39 bits per heavy atom. The Kier molecular flexibility index (Phi) is 5.02. The van der Waals surface area contributed by atoms with Gasteiger partial charge in [0, 0.05) is 0 Å². The van der Waals surface area contributed by atoms with Crippen LogP contribution in [-0.2, 0) is 23.0 Å². The van der Waals surface area contributed by atoms with Crippen molar-refractivity contribution in [1.82, 2.24) is 14.9 Å². The van der Waals surface area contributed by atoms with Gasteiger partial charge in [-0.1, -0.05) is 6.92 Å². The highest BCUT2D eigenvalue weighted by molar-refractivity contribution is 7.89. The van der Waals surface area contributed by atoms with Crippen molar-refractivity contribution in [2.75, 3.05) is 7.11 Å². The molecule has 0 unspecified atom stereocenters. The lowest BCUT2D eigenvalue weighted by molar-refractivity contribution is 0.0693. The van der Waals surface area contributed by atoms with E-state index in [-0.39, 0.29) is 22.8 Å². The number of aromatic amines is 1. The van der Waals surface area contributed by atoms with E-state index in [9.17, 15) is 13.2 Å². The van der Waals surface area contributed by atoms with E-state index in [2.05, 4.69) is 14.9 Å². The number of rotatable bonds is 7. The van der Waals surface area contributed by atoms with Crippen LogP contribution < -0.4 is 9.46 Å². The fraction of sp³-hybridized carbons (Fsp3) is 0.286. The Morgan fingerprint density at radius 3 is 2.70 bits per heavy atom. The average Bonchev–Trinajstić information content (AvgIpc) is 3.00. The molecule has 0 atom stereocenters. The number of aromatic carboxylic acids is 1. The first-order chi connectivity index (χ1) is 10.9. The molecule has 124 valence electrons. The van der Waals surface area contributed by atoms with Gasteiger partial charge in [0.2, 0.25) is 10.0 Å². The molecule has 1 heterocycles. The molecule has 0 aliphatic rings. The Morgan fingerprint density at radius 2 is 2.13 bits per heavy atom. The Hall–Kier alpha value is -2.39. The van der Waals surface area contributed by atoms with Crippen LogP contribution in [-0.4, -0.2) is 36.8 Å². The number of nitrogens with zero attached hydrogens (tertiary/aromatic N) is 1. The van der Waals surface area contributed by atoms with E-state index < -0.39 is 16.0 Å². The molecule has 23 heavy (non-hydrogen) atoms. The van der Waals surface area contributed by atoms with E-state index in [1.54, 1.807) is 6.07 Å². The number of aryl methyl sites for hydroxylation is 1. The lowest BCUT2D eigenvalue weighted by Crippen LogP contribution is -2.23. The number of H-pyrrole nitrogens is 1. The zero-order valence-corrected chi connectivity index (χ0v) is 13.5. The number of carboxylic acids is 1. The second-order valence-electron chi connectivity index (χ2n) is 4.73. The van der Waals surface area contributed by atoms with E-state index in [0.29, 0.717) is 5.69 Å². The second kappa shape index (κ2) is 6.80. The van der Waals surface area contributed by atoms with Crippen LogP contribution in [0.4, 0.5) is 0 Å².